The van der Waals surface area contributed by atoms with Crippen LogP contribution in [0.4, 0.5) is 0 Å². The summed E-state index contributed by atoms with van der Waals surface area (Å²) in [7, 11) is 0. The van der Waals surface area contributed by atoms with Crippen molar-refractivity contribution in [3.63, 3.8) is 0 Å². The van der Waals surface area contributed by atoms with E-state index in [0.717, 1.165) is 6.42 Å². The first kappa shape index (κ1) is 9.78. The Labute approximate surface area is 79.0 Å². The molecule has 0 heterocycles. The molecule has 0 saturated heterocycles. The summed E-state index contributed by atoms with van der Waals surface area (Å²) >= 11 is 0. The van der Waals surface area contributed by atoms with Crippen molar-refractivity contribution in [2.75, 3.05) is 0 Å². The van der Waals surface area contributed by atoms with Crippen LogP contribution in [0, 0.1) is 0 Å². The van der Waals surface area contributed by atoms with Gasteiger partial charge in [-0.25, -0.2) is 0 Å². The van der Waals surface area contributed by atoms with Gasteiger partial charge in [-0.15, -0.1) is 0 Å². The molecule has 0 radical (unpaired) electrons. The predicted molar refractivity (Wildman–Crippen MR) is 53.4 cm³/mol. The summed E-state index contributed by atoms with van der Waals surface area (Å²) in [4.78, 5) is 10.7. The molecule has 0 aliphatic rings. The molecule has 0 aliphatic heterocycles. The van der Waals surface area contributed by atoms with Crippen LogP contribution >= 0.6 is 0 Å². The maximum absolute atomic E-state index is 10.7. The Morgan fingerprint density at radius 2 is 2.00 bits per heavy atom. The SMILES string of the molecule is CC(=O)N[C@@H](C)Cc1ccccc1. The molecule has 70 valence electrons. The highest BCUT2D eigenvalue weighted by molar-refractivity contribution is 5.73. The Morgan fingerprint density at radius 3 is 2.54 bits per heavy atom. The summed E-state index contributed by atoms with van der Waals surface area (Å²) in [6.45, 7) is 3.55. The van der Waals surface area contributed by atoms with Crippen molar-refractivity contribution in [1.82, 2.24) is 5.32 Å². The molecule has 1 rings (SSSR count). The van der Waals surface area contributed by atoms with E-state index in [1.165, 1.54) is 5.56 Å². The van der Waals surface area contributed by atoms with Crippen LogP contribution in [0.1, 0.15) is 19.4 Å². The van der Waals surface area contributed by atoms with E-state index in [1.54, 1.807) is 6.92 Å². The van der Waals surface area contributed by atoms with E-state index in [2.05, 4.69) is 17.4 Å². The first-order chi connectivity index (χ1) is 6.18. The fourth-order valence-corrected chi connectivity index (χ4v) is 1.37. The number of hydrogen-bond donors (Lipinski definition) is 1. The van der Waals surface area contributed by atoms with Gasteiger partial charge in [-0.05, 0) is 18.9 Å². The molecular formula is C11H15NO. The van der Waals surface area contributed by atoms with Crippen LogP contribution in [-0.4, -0.2) is 11.9 Å². The Bertz CT molecular complexity index is 269. The normalized spacial score (nSPS) is 12.2. The third-order valence-electron chi connectivity index (χ3n) is 1.83. The minimum atomic E-state index is 0.0310. The second-order valence-electron chi connectivity index (χ2n) is 3.29. The molecule has 13 heavy (non-hydrogen) atoms. The van der Waals surface area contributed by atoms with Gasteiger partial charge < -0.3 is 5.32 Å². The van der Waals surface area contributed by atoms with Gasteiger partial charge in [0.05, 0.1) is 0 Å². The van der Waals surface area contributed by atoms with Crippen LogP contribution in [0.5, 0.6) is 0 Å². The maximum Gasteiger partial charge on any atom is 0.217 e. The smallest absolute Gasteiger partial charge is 0.217 e. The number of hydrogen-bond acceptors (Lipinski definition) is 1. The largest absolute Gasteiger partial charge is 0.354 e. The van der Waals surface area contributed by atoms with Crippen LogP contribution in [0.2, 0.25) is 0 Å². The number of amides is 1. The average molecular weight is 177 g/mol. The van der Waals surface area contributed by atoms with E-state index in [-0.39, 0.29) is 11.9 Å². The van der Waals surface area contributed by atoms with E-state index >= 15 is 0 Å². The van der Waals surface area contributed by atoms with E-state index in [9.17, 15) is 4.79 Å². The van der Waals surface area contributed by atoms with Crippen molar-refractivity contribution in [2.45, 2.75) is 26.3 Å². The lowest BCUT2D eigenvalue weighted by atomic mass is 10.1. The Balaban J connectivity index is 2.45. The molecule has 1 atom stereocenters. The number of benzene rings is 1. The van der Waals surface area contributed by atoms with Crippen molar-refractivity contribution < 1.29 is 4.79 Å². The Morgan fingerprint density at radius 1 is 1.38 bits per heavy atom. The standard InChI is InChI=1S/C11H15NO/c1-9(12-10(2)13)8-11-6-4-3-5-7-11/h3-7,9H,8H2,1-2H3,(H,12,13)/t9-/m0/s1. The van der Waals surface area contributed by atoms with Gasteiger partial charge in [0.15, 0.2) is 0 Å². The molecule has 0 spiro atoms. The minimum Gasteiger partial charge on any atom is -0.354 e. The zero-order valence-electron chi connectivity index (χ0n) is 8.08. The Kier molecular flexibility index (Phi) is 3.50. The monoisotopic (exact) mass is 177 g/mol. The van der Waals surface area contributed by atoms with Crippen molar-refractivity contribution in [1.29, 1.82) is 0 Å². The first-order valence-corrected chi connectivity index (χ1v) is 4.49. The van der Waals surface area contributed by atoms with Gasteiger partial charge >= 0.3 is 0 Å². The van der Waals surface area contributed by atoms with E-state index in [1.807, 2.05) is 25.1 Å². The lowest BCUT2D eigenvalue weighted by Gasteiger charge is -2.11. The number of rotatable bonds is 3. The molecule has 1 N–H and O–H groups in total. The Hall–Kier alpha value is -1.31. The molecule has 1 amide bonds. The minimum absolute atomic E-state index is 0.0310. The lowest BCUT2D eigenvalue weighted by molar-refractivity contribution is -0.119. The van der Waals surface area contributed by atoms with Crippen LogP contribution < -0.4 is 5.32 Å². The highest BCUT2D eigenvalue weighted by atomic mass is 16.1. The topological polar surface area (TPSA) is 29.1 Å². The lowest BCUT2D eigenvalue weighted by Crippen LogP contribution is -2.31. The van der Waals surface area contributed by atoms with Crippen LogP contribution in [0.3, 0.4) is 0 Å². The second kappa shape index (κ2) is 4.65. The second-order valence-corrected chi connectivity index (χ2v) is 3.29. The molecule has 0 saturated carbocycles. The predicted octanol–water partition coefficient (Wildman–Crippen LogP) is 1.75. The highest BCUT2D eigenvalue weighted by Crippen LogP contribution is 2.02. The highest BCUT2D eigenvalue weighted by Gasteiger charge is 2.03. The maximum atomic E-state index is 10.7. The summed E-state index contributed by atoms with van der Waals surface area (Å²) in [6.07, 6.45) is 0.889. The zero-order chi connectivity index (χ0) is 9.68. The molecule has 2 heteroatoms. The van der Waals surface area contributed by atoms with Crippen molar-refractivity contribution in [2.24, 2.45) is 0 Å². The molecule has 1 aromatic carbocycles. The summed E-state index contributed by atoms with van der Waals surface area (Å²) in [5, 5.41) is 2.85. The molecule has 0 unspecified atom stereocenters. The van der Waals surface area contributed by atoms with E-state index in [4.69, 9.17) is 0 Å². The van der Waals surface area contributed by atoms with Gasteiger partial charge in [-0.3, -0.25) is 4.79 Å². The average Bonchev–Trinajstić information content (AvgIpc) is 2.04. The van der Waals surface area contributed by atoms with Gasteiger partial charge in [-0.2, -0.15) is 0 Å². The molecule has 0 aliphatic carbocycles. The zero-order valence-corrected chi connectivity index (χ0v) is 8.08. The molecule has 0 fully saturated rings. The summed E-state index contributed by atoms with van der Waals surface area (Å²) in [6, 6.07) is 10.4. The summed E-state index contributed by atoms with van der Waals surface area (Å²) in [5.41, 5.74) is 1.25. The van der Waals surface area contributed by atoms with Crippen LogP contribution in [0.25, 0.3) is 0 Å². The molecule has 1 aromatic rings. The van der Waals surface area contributed by atoms with Gasteiger partial charge in [0.25, 0.3) is 0 Å². The van der Waals surface area contributed by atoms with Crippen LogP contribution in [-0.2, 0) is 11.2 Å². The number of nitrogens with one attached hydrogen (secondary N) is 1. The third-order valence-corrected chi connectivity index (χ3v) is 1.83. The summed E-state index contributed by atoms with van der Waals surface area (Å²) in [5.74, 6) is 0.0310. The summed E-state index contributed by atoms with van der Waals surface area (Å²) < 4.78 is 0. The molecule has 0 aromatic heterocycles. The molecule has 2 nitrogen and oxygen atoms in total. The fourth-order valence-electron chi connectivity index (χ4n) is 1.37. The third kappa shape index (κ3) is 3.74. The van der Waals surface area contributed by atoms with Gasteiger partial charge in [0, 0.05) is 13.0 Å². The number of carbonyl (C=O) groups is 1. The fraction of sp³-hybridized carbons (Fsp3) is 0.364. The van der Waals surface area contributed by atoms with Crippen molar-refractivity contribution >= 4 is 5.91 Å². The van der Waals surface area contributed by atoms with Crippen molar-refractivity contribution in [3.05, 3.63) is 35.9 Å². The molecular weight excluding hydrogens is 162 g/mol. The van der Waals surface area contributed by atoms with Gasteiger partial charge in [0.1, 0.15) is 0 Å². The molecule has 0 bridgehead atoms. The van der Waals surface area contributed by atoms with E-state index < -0.39 is 0 Å². The van der Waals surface area contributed by atoms with Crippen LogP contribution in [0.15, 0.2) is 30.3 Å². The van der Waals surface area contributed by atoms with Gasteiger partial charge in [0.2, 0.25) is 5.91 Å². The van der Waals surface area contributed by atoms with Crippen molar-refractivity contribution in [3.8, 4) is 0 Å². The number of carbonyl (C=O) groups excluding carboxylic acids is 1. The van der Waals surface area contributed by atoms with Gasteiger partial charge in [-0.1, -0.05) is 30.3 Å². The van der Waals surface area contributed by atoms with E-state index in [0.29, 0.717) is 0 Å². The quantitative estimate of drug-likeness (QED) is 0.748. The first-order valence-electron chi connectivity index (χ1n) is 4.49.